The van der Waals surface area contributed by atoms with Crippen LogP contribution >= 0.6 is 0 Å². The quantitative estimate of drug-likeness (QED) is 0.530. The molecular weight excluding hydrogens is 114 g/mol. The average molecular weight is 120 g/mol. The molecule has 0 bridgehead atoms. The summed E-state index contributed by atoms with van der Waals surface area (Å²) < 4.78 is 12.0. The fourth-order valence-corrected chi connectivity index (χ4v) is 0.760. The largest absolute Gasteiger partial charge is 0.356 e. The van der Waals surface area contributed by atoms with Gasteiger partial charge in [-0.15, -0.1) is 0 Å². The van der Waals surface area contributed by atoms with Gasteiger partial charge in [-0.1, -0.05) is 17.3 Å². The minimum Gasteiger partial charge on any atom is -0.356 e. The van der Waals surface area contributed by atoms with Crippen LogP contribution in [0.4, 0.5) is 0 Å². The fourth-order valence-electron chi connectivity index (χ4n) is 0.760. The van der Waals surface area contributed by atoms with Crippen LogP contribution in [0.1, 0.15) is 1.37 Å². The molecule has 0 spiro atoms. The Kier molecular flexibility index (Phi) is 0.646. The van der Waals surface area contributed by atoms with Crippen molar-refractivity contribution in [1.29, 1.82) is 0 Å². The van der Waals surface area contributed by atoms with E-state index in [-0.39, 0.29) is 6.17 Å². The summed E-state index contributed by atoms with van der Waals surface area (Å²) in [6.07, 6.45) is 0.204. The highest BCUT2D eigenvalue weighted by Gasteiger charge is 1.91. The van der Waals surface area contributed by atoms with Crippen LogP contribution in [0.5, 0.6) is 0 Å². The maximum absolute atomic E-state index is 7.24. The van der Waals surface area contributed by atoms with E-state index in [1.54, 1.807) is 6.07 Å². The van der Waals surface area contributed by atoms with Gasteiger partial charge in [-0.2, -0.15) is 0 Å². The van der Waals surface area contributed by atoms with E-state index in [9.17, 15) is 0 Å². The molecular formula is C7H5NO. The molecule has 0 aliphatic heterocycles. The third-order valence-corrected chi connectivity index (χ3v) is 1.20. The summed E-state index contributed by atoms with van der Waals surface area (Å²) in [4.78, 5) is 0. The van der Waals surface area contributed by atoms with E-state index in [0.717, 1.165) is 5.39 Å². The standard InChI is InChI=1S/C7H5NO/c1-2-4-7-6(3-1)5-8-9-7/h1-5H/i5D. The highest BCUT2D eigenvalue weighted by Crippen LogP contribution is 2.10. The predicted octanol–water partition coefficient (Wildman–Crippen LogP) is 1.83. The highest BCUT2D eigenvalue weighted by molar-refractivity contribution is 5.75. The lowest BCUT2D eigenvalue weighted by Gasteiger charge is -1.78. The third-order valence-electron chi connectivity index (χ3n) is 1.20. The Labute approximate surface area is 53.5 Å². The summed E-state index contributed by atoms with van der Waals surface area (Å²) in [6.45, 7) is 0. The minimum atomic E-state index is 0.204. The van der Waals surface area contributed by atoms with Crippen LogP contribution in [0.25, 0.3) is 11.0 Å². The third kappa shape index (κ3) is 0.598. The molecule has 0 amide bonds. The zero-order valence-corrected chi connectivity index (χ0v) is 4.66. The molecule has 1 heterocycles. The Bertz CT molecular complexity index is 355. The average Bonchev–Trinajstić information content (AvgIpc) is 2.34. The zero-order chi connectivity index (χ0) is 6.97. The van der Waals surface area contributed by atoms with Crippen molar-refractivity contribution in [3.63, 3.8) is 0 Å². The minimum absolute atomic E-state index is 0.204. The number of hydrogen-bond donors (Lipinski definition) is 0. The molecule has 9 heavy (non-hydrogen) atoms. The van der Waals surface area contributed by atoms with E-state index >= 15 is 0 Å². The molecule has 0 aliphatic rings. The van der Waals surface area contributed by atoms with Gasteiger partial charge in [-0.05, 0) is 12.1 Å². The lowest BCUT2D eigenvalue weighted by atomic mass is 10.3. The van der Waals surface area contributed by atoms with Crippen molar-refractivity contribution >= 4 is 11.0 Å². The van der Waals surface area contributed by atoms with Gasteiger partial charge in [-0.25, -0.2) is 0 Å². The maximum Gasteiger partial charge on any atom is 0.166 e. The Morgan fingerprint density at radius 1 is 1.44 bits per heavy atom. The normalized spacial score (nSPS) is 11.8. The van der Waals surface area contributed by atoms with Crippen molar-refractivity contribution in [2.24, 2.45) is 0 Å². The highest BCUT2D eigenvalue weighted by atomic mass is 16.5. The topological polar surface area (TPSA) is 26.0 Å². The van der Waals surface area contributed by atoms with Gasteiger partial charge < -0.3 is 4.52 Å². The van der Waals surface area contributed by atoms with Crippen LogP contribution < -0.4 is 0 Å². The predicted molar refractivity (Wildman–Crippen MR) is 34.0 cm³/mol. The Balaban J connectivity index is 2.93. The number of nitrogens with zero attached hydrogens (tertiary/aromatic N) is 1. The van der Waals surface area contributed by atoms with E-state index in [0.29, 0.717) is 5.58 Å². The van der Waals surface area contributed by atoms with Gasteiger partial charge in [0.2, 0.25) is 0 Å². The summed E-state index contributed by atoms with van der Waals surface area (Å²) in [7, 11) is 0. The van der Waals surface area contributed by atoms with E-state index in [1.807, 2.05) is 18.2 Å². The van der Waals surface area contributed by atoms with Crippen LogP contribution in [-0.4, -0.2) is 5.16 Å². The summed E-state index contributed by atoms with van der Waals surface area (Å²) in [5.74, 6) is 0. The van der Waals surface area contributed by atoms with Gasteiger partial charge >= 0.3 is 0 Å². The van der Waals surface area contributed by atoms with Crippen LogP contribution in [0.3, 0.4) is 0 Å². The van der Waals surface area contributed by atoms with E-state index in [4.69, 9.17) is 5.89 Å². The molecule has 0 unspecified atom stereocenters. The van der Waals surface area contributed by atoms with Gasteiger partial charge in [-0.3, -0.25) is 0 Å². The van der Waals surface area contributed by atoms with E-state index < -0.39 is 0 Å². The molecule has 44 valence electrons. The molecule has 1 aromatic heterocycles. The lowest BCUT2D eigenvalue weighted by molar-refractivity contribution is 0.456. The van der Waals surface area contributed by atoms with Crippen molar-refractivity contribution in [3.8, 4) is 0 Å². The molecule has 0 radical (unpaired) electrons. The van der Waals surface area contributed by atoms with Gasteiger partial charge in [0.05, 0.1) is 7.54 Å². The first-order chi connectivity index (χ1) is 4.88. The molecule has 2 rings (SSSR count). The molecule has 0 N–H and O–H groups in total. The lowest BCUT2D eigenvalue weighted by Crippen LogP contribution is -1.57. The molecule has 2 aromatic rings. The molecule has 0 fully saturated rings. The van der Waals surface area contributed by atoms with Crippen molar-refractivity contribution in [1.82, 2.24) is 5.16 Å². The zero-order valence-electron chi connectivity index (χ0n) is 5.66. The Morgan fingerprint density at radius 3 is 3.22 bits per heavy atom. The number of benzene rings is 1. The number of aromatic nitrogens is 1. The van der Waals surface area contributed by atoms with Crippen molar-refractivity contribution in [3.05, 3.63) is 30.4 Å². The summed E-state index contributed by atoms with van der Waals surface area (Å²) in [5.41, 5.74) is 0.674. The van der Waals surface area contributed by atoms with Crippen LogP contribution in [0.15, 0.2) is 35.0 Å². The number of hydrogen-bond acceptors (Lipinski definition) is 2. The Hall–Kier alpha value is -1.31. The van der Waals surface area contributed by atoms with Gasteiger partial charge in [0, 0.05) is 5.39 Å². The summed E-state index contributed by atoms with van der Waals surface area (Å²) in [6, 6.07) is 7.32. The molecule has 0 aliphatic carbocycles. The second-order valence-electron chi connectivity index (χ2n) is 1.79. The number of fused-ring (bicyclic) bond motifs is 1. The van der Waals surface area contributed by atoms with Crippen LogP contribution in [0.2, 0.25) is 0 Å². The second kappa shape index (κ2) is 1.58. The molecule has 2 heteroatoms. The first kappa shape index (κ1) is 3.67. The number of para-hydroxylation sites is 1. The van der Waals surface area contributed by atoms with Crippen molar-refractivity contribution in [2.75, 3.05) is 0 Å². The van der Waals surface area contributed by atoms with Gasteiger partial charge in [0.15, 0.2) is 5.58 Å². The van der Waals surface area contributed by atoms with E-state index in [1.165, 1.54) is 0 Å². The molecule has 0 atom stereocenters. The molecule has 0 saturated heterocycles. The monoisotopic (exact) mass is 120 g/mol. The molecule has 0 saturated carbocycles. The smallest absolute Gasteiger partial charge is 0.166 e. The van der Waals surface area contributed by atoms with Gasteiger partial charge in [0.1, 0.15) is 0 Å². The molecule has 1 aromatic carbocycles. The second-order valence-corrected chi connectivity index (χ2v) is 1.79. The van der Waals surface area contributed by atoms with Gasteiger partial charge in [0.25, 0.3) is 0 Å². The van der Waals surface area contributed by atoms with Crippen molar-refractivity contribution in [2.45, 2.75) is 0 Å². The van der Waals surface area contributed by atoms with Crippen LogP contribution in [0, 0.1) is 0 Å². The molecule has 2 nitrogen and oxygen atoms in total. The maximum atomic E-state index is 7.24. The first-order valence-corrected chi connectivity index (χ1v) is 2.69. The van der Waals surface area contributed by atoms with Crippen LogP contribution in [-0.2, 0) is 0 Å². The van der Waals surface area contributed by atoms with Crippen molar-refractivity contribution < 1.29 is 5.89 Å². The Morgan fingerprint density at radius 2 is 2.33 bits per heavy atom. The number of rotatable bonds is 0. The first-order valence-electron chi connectivity index (χ1n) is 3.19. The van der Waals surface area contributed by atoms with E-state index in [2.05, 4.69) is 5.16 Å². The SMILES string of the molecule is [2H]c1noc2ccccc12. The summed E-state index contributed by atoms with van der Waals surface area (Å²) >= 11 is 0. The fraction of sp³-hybridized carbons (Fsp3) is 0. The summed E-state index contributed by atoms with van der Waals surface area (Å²) in [5, 5.41) is 4.25.